The molecule has 1 heterocycles. The molecule has 2 N–H and O–H groups in total. The fourth-order valence-electron chi connectivity index (χ4n) is 2.06. The van der Waals surface area contributed by atoms with Gasteiger partial charge >= 0.3 is 5.97 Å². The number of para-hydroxylation sites is 1. The summed E-state index contributed by atoms with van der Waals surface area (Å²) in [7, 11) is 0. The minimum Gasteiger partial charge on any atom is -0.482 e. The van der Waals surface area contributed by atoms with E-state index < -0.39 is 12.6 Å². The molecule has 1 aliphatic rings. The van der Waals surface area contributed by atoms with Crippen LogP contribution in [0, 0.1) is 0 Å². The quantitative estimate of drug-likeness (QED) is 0.806. The lowest BCUT2D eigenvalue weighted by molar-refractivity contribution is -0.139. The van der Waals surface area contributed by atoms with Gasteiger partial charge < -0.3 is 15.2 Å². The molecule has 1 fully saturated rings. The first-order valence-electron chi connectivity index (χ1n) is 7.39. The first kappa shape index (κ1) is 16.8. The zero-order chi connectivity index (χ0) is 17.6. The van der Waals surface area contributed by atoms with Crippen LogP contribution in [0.4, 0.5) is 5.69 Å². The van der Waals surface area contributed by atoms with Crippen LogP contribution in [0.2, 0.25) is 0 Å². The van der Waals surface area contributed by atoms with Gasteiger partial charge in [0.1, 0.15) is 5.75 Å². The number of ether oxygens (including phenoxy) is 1. The Morgan fingerprint density at radius 1 is 1.16 bits per heavy atom. The van der Waals surface area contributed by atoms with E-state index >= 15 is 0 Å². The lowest BCUT2D eigenvalue weighted by atomic mass is 10.2. The van der Waals surface area contributed by atoms with Crippen molar-refractivity contribution in [2.75, 3.05) is 6.61 Å². The van der Waals surface area contributed by atoms with Crippen molar-refractivity contribution in [2.24, 2.45) is 4.99 Å². The molecular weight excluding hydrogens is 340 g/mol. The van der Waals surface area contributed by atoms with Gasteiger partial charge in [-0.1, -0.05) is 30.3 Å². The maximum atomic E-state index is 12.1. The Labute approximate surface area is 148 Å². The summed E-state index contributed by atoms with van der Waals surface area (Å²) in [6, 6.07) is 16.2. The summed E-state index contributed by atoms with van der Waals surface area (Å²) in [5.74, 6) is -0.777. The van der Waals surface area contributed by atoms with Crippen molar-refractivity contribution in [3.63, 3.8) is 0 Å². The van der Waals surface area contributed by atoms with Gasteiger partial charge in [0.25, 0.3) is 5.91 Å². The number of hydrogen-bond acceptors (Lipinski definition) is 5. The number of benzene rings is 2. The third-order valence-electron chi connectivity index (χ3n) is 3.18. The Kier molecular flexibility index (Phi) is 5.15. The molecule has 0 radical (unpaired) electrons. The van der Waals surface area contributed by atoms with E-state index in [9.17, 15) is 9.59 Å². The third kappa shape index (κ3) is 4.71. The van der Waals surface area contributed by atoms with E-state index in [0.717, 1.165) is 11.3 Å². The highest BCUT2D eigenvalue weighted by Crippen LogP contribution is 2.28. The molecule has 1 saturated heterocycles. The molecule has 1 amide bonds. The van der Waals surface area contributed by atoms with Gasteiger partial charge in [-0.2, -0.15) is 0 Å². The summed E-state index contributed by atoms with van der Waals surface area (Å²) in [5.41, 5.74) is 1.58. The number of aliphatic imine (C=N–C) groups is 1. The highest BCUT2D eigenvalue weighted by Gasteiger charge is 2.23. The Hall–Kier alpha value is -3.06. The van der Waals surface area contributed by atoms with Crippen LogP contribution in [0.1, 0.15) is 5.56 Å². The molecule has 0 atom stereocenters. The normalized spacial score (nSPS) is 16.9. The standard InChI is InChI=1S/C18H14N2O4S/c21-16(22)11-24-14-8-6-12(7-9-14)10-15-17(23)20-18(25-15)19-13-4-2-1-3-5-13/h1-10H,11H2,(H,21,22)(H,19,20,23)/b15-10+. The smallest absolute Gasteiger partial charge is 0.341 e. The van der Waals surface area contributed by atoms with Crippen molar-refractivity contribution in [2.45, 2.75) is 0 Å². The topological polar surface area (TPSA) is 88.0 Å². The molecule has 2 aromatic carbocycles. The second kappa shape index (κ2) is 7.67. The number of amides is 1. The van der Waals surface area contributed by atoms with Crippen LogP contribution >= 0.6 is 11.8 Å². The number of rotatable bonds is 5. The summed E-state index contributed by atoms with van der Waals surface area (Å²) < 4.78 is 5.07. The Morgan fingerprint density at radius 2 is 1.88 bits per heavy atom. The summed E-state index contributed by atoms with van der Waals surface area (Å²) in [6.07, 6.45) is 1.74. The Bertz CT molecular complexity index is 845. The van der Waals surface area contributed by atoms with Gasteiger partial charge in [-0.05, 0) is 47.7 Å². The second-order valence-corrected chi connectivity index (χ2v) is 6.10. The van der Waals surface area contributed by atoms with E-state index in [4.69, 9.17) is 9.84 Å². The maximum absolute atomic E-state index is 12.1. The van der Waals surface area contributed by atoms with Crippen LogP contribution in [0.3, 0.4) is 0 Å². The SMILES string of the molecule is O=C(O)COc1ccc(/C=C2/SC(=Nc3ccccc3)NC2=O)cc1. The lowest BCUT2D eigenvalue weighted by Crippen LogP contribution is -2.19. The van der Waals surface area contributed by atoms with Crippen LogP contribution in [0.25, 0.3) is 6.08 Å². The highest BCUT2D eigenvalue weighted by atomic mass is 32.2. The van der Waals surface area contributed by atoms with Gasteiger partial charge in [-0.15, -0.1) is 0 Å². The molecule has 0 spiro atoms. The second-order valence-electron chi connectivity index (χ2n) is 5.07. The molecule has 0 bridgehead atoms. The molecule has 0 saturated carbocycles. The Balaban J connectivity index is 1.70. The zero-order valence-corrected chi connectivity index (χ0v) is 13.8. The number of hydrogen-bond donors (Lipinski definition) is 2. The number of carboxylic acid groups (broad SMARTS) is 1. The van der Waals surface area contributed by atoms with Crippen LogP contribution in [-0.2, 0) is 9.59 Å². The largest absolute Gasteiger partial charge is 0.482 e. The number of carboxylic acids is 1. The van der Waals surface area contributed by atoms with E-state index in [1.807, 2.05) is 30.3 Å². The number of thioether (sulfide) groups is 1. The van der Waals surface area contributed by atoms with E-state index in [0.29, 0.717) is 15.8 Å². The van der Waals surface area contributed by atoms with Crippen molar-refractivity contribution in [3.05, 3.63) is 65.1 Å². The fraction of sp³-hybridized carbons (Fsp3) is 0.0556. The predicted molar refractivity (Wildman–Crippen MR) is 96.8 cm³/mol. The molecule has 7 heteroatoms. The van der Waals surface area contributed by atoms with Crippen molar-refractivity contribution in [1.82, 2.24) is 5.32 Å². The van der Waals surface area contributed by atoms with E-state index in [1.54, 1.807) is 30.3 Å². The molecule has 6 nitrogen and oxygen atoms in total. The first-order valence-corrected chi connectivity index (χ1v) is 8.21. The van der Waals surface area contributed by atoms with Gasteiger partial charge in [0.2, 0.25) is 0 Å². The fourth-order valence-corrected chi connectivity index (χ4v) is 2.90. The molecule has 3 rings (SSSR count). The summed E-state index contributed by atoms with van der Waals surface area (Å²) >= 11 is 1.27. The summed E-state index contributed by atoms with van der Waals surface area (Å²) in [4.78, 5) is 27.4. The number of nitrogens with zero attached hydrogens (tertiary/aromatic N) is 1. The van der Waals surface area contributed by atoms with Crippen molar-refractivity contribution < 1.29 is 19.4 Å². The average molecular weight is 354 g/mol. The number of carbonyl (C=O) groups excluding carboxylic acids is 1. The molecular formula is C18H14N2O4S. The van der Waals surface area contributed by atoms with Gasteiger partial charge in [0.15, 0.2) is 11.8 Å². The highest BCUT2D eigenvalue weighted by molar-refractivity contribution is 8.18. The van der Waals surface area contributed by atoms with E-state index in [1.165, 1.54) is 11.8 Å². The number of amidine groups is 1. The van der Waals surface area contributed by atoms with Gasteiger partial charge in [0, 0.05) is 0 Å². The molecule has 2 aromatic rings. The van der Waals surface area contributed by atoms with Crippen LogP contribution in [0.5, 0.6) is 5.75 Å². The molecule has 25 heavy (non-hydrogen) atoms. The number of carbonyl (C=O) groups is 2. The summed E-state index contributed by atoms with van der Waals surface area (Å²) in [5, 5.41) is 11.8. The maximum Gasteiger partial charge on any atom is 0.341 e. The van der Waals surface area contributed by atoms with Crippen molar-refractivity contribution >= 4 is 40.6 Å². The lowest BCUT2D eigenvalue weighted by Gasteiger charge is -2.03. The van der Waals surface area contributed by atoms with Gasteiger partial charge in [-0.3, -0.25) is 4.79 Å². The Morgan fingerprint density at radius 3 is 2.56 bits per heavy atom. The molecule has 0 aromatic heterocycles. The van der Waals surface area contributed by atoms with Crippen LogP contribution in [0.15, 0.2) is 64.5 Å². The van der Waals surface area contributed by atoms with Gasteiger partial charge in [-0.25, -0.2) is 9.79 Å². The third-order valence-corrected chi connectivity index (χ3v) is 4.09. The molecule has 126 valence electrons. The van der Waals surface area contributed by atoms with Crippen LogP contribution < -0.4 is 10.1 Å². The molecule has 1 aliphatic heterocycles. The predicted octanol–water partition coefficient (Wildman–Crippen LogP) is 3.04. The summed E-state index contributed by atoms with van der Waals surface area (Å²) in [6.45, 7) is -0.391. The molecule has 0 unspecified atom stereocenters. The van der Waals surface area contributed by atoms with E-state index in [2.05, 4.69) is 10.3 Å². The van der Waals surface area contributed by atoms with Crippen LogP contribution in [-0.4, -0.2) is 28.8 Å². The van der Waals surface area contributed by atoms with Gasteiger partial charge in [0.05, 0.1) is 10.6 Å². The molecule has 0 aliphatic carbocycles. The minimum atomic E-state index is -1.03. The monoisotopic (exact) mass is 354 g/mol. The minimum absolute atomic E-state index is 0.203. The average Bonchev–Trinajstić information content (AvgIpc) is 2.94. The van der Waals surface area contributed by atoms with Crippen molar-refractivity contribution in [3.8, 4) is 5.75 Å². The zero-order valence-electron chi connectivity index (χ0n) is 13.0. The number of aliphatic carboxylic acids is 1. The van der Waals surface area contributed by atoms with E-state index in [-0.39, 0.29) is 5.91 Å². The van der Waals surface area contributed by atoms with Crippen molar-refractivity contribution in [1.29, 1.82) is 0 Å². The first-order chi connectivity index (χ1) is 12.1. The number of nitrogens with one attached hydrogen (secondary N) is 1.